The topological polar surface area (TPSA) is 3.88 Å². The summed E-state index contributed by atoms with van der Waals surface area (Å²) >= 11 is 0. The van der Waals surface area contributed by atoms with Gasteiger partial charge in [-0.2, -0.15) is 0 Å². The molecule has 0 radical (unpaired) electrons. The van der Waals surface area contributed by atoms with Crippen LogP contribution in [0.2, 0.25) is 0 Å². The SMILES string of the molecule is CC[N+](C)(C)CCCCCCCCCC[n+]1cc(C)cc(C)c1.[I-].[I-]. The molecular formula is C21H40I2N2. The van der Waals surface area contributed by atoms with Gasteiger partial charge in [0.2, 0.25) is 0 Å². The van der Waals surface area contributed by atoms with E-state index in [0.717, 1.165) is 0 Å². The van der Waals surface area contributed by atoms with Gasteiger partial charge in [-0.1, -0.05) is 25.7 Å². The van der Waals surface area contributed by atoms with Crippen LogP contribution in [0.4, 0.5) is 0 Å². The van der Waals surface area contributed by atoms with Crippen LogP contribution in [-0.2, 0) is 6.54 Å². The van der Waals surface area contributed by atoms with E-state index in [9.17, 15) is 0 Å². The van der Waals surface area contributed by atoms with Gasteiger partial charge in [0.15, 0.2) is 12.4 Å². The van der Waals surface area contributed by atoms with Gasteiger partial charge >= 0.3 is 0 Å². The molecule has 0 fully saturated rings. The van der Waals surface area contributed by atoms with Crippen molar-refractivity contribution in [3.05, 3.63) is 29.6 Å². The summed E-state index contributed by atoms with van der Waals surface area (Å²) in [5.41, 5.74) is 2.74. The van der Waals surface area contributed by atoms with Crippen LogP contribution in [0, 0.1) is 13.8 Å². The number of quaternary nitrogens is 1. The number of aromatic nitrogens is 1. The molecule has 0 spiro atoms. The highest BCUT2D eigenvalue weighted by molar-refractivity contribution is 5.11. The summed E-state index contributed by atoms with van der Waals surface area (Å²) in [6, 6.07) is 2.25. The Kier molecular flexibility index (Phi) is 17.4. The first-order valence-corrected chi connectivity index (χ1v) is 9.72. The van der Waals surface area contributed by atoms with E-state index in [1.807, 2.05) is 0 Å². The molecule has 0 aliphatic carbocycles. The molecule has 2 nitrogen and oxygen atoms in total. The lowest BCUT2D eigenvalue weighted by molar-refractivity contribution is -0.888. The minimum Gasteiger partial charge on any atom is -1.00 e. The second-order valence-electron chi connectivity index (χ2n) is 7.93. The first-order chi connectivity index (χ1) is 10.9. The monoisotopic (exact) mass is 574 g/mol. The lowest BCUT2D eigenvalue weighted by Crippen LogP contribution is -3.00. The Morgan fingerprint density at radius 1 is 0.760 bits per heavy atom. The minimum absolute atomic E-state index is 0. The number of hydrogen-bond donors (Lipinski definition) is 0. The molecule has 0 aliphatic rings. The summed E-state index contributed by atoms with van der Waals surface area (Å²) in [5, 5.41) is 0. The molecule has 0 bridgehead atoms. The average Bonchev–Trinajstić information content (AvgIpc) is 2.48. The summed E-state index contributed by atoms with van der Waals surface area (Å²) in [7, 11) is 4.68. The zero-order valence-electron chi connectivity index (χ0n) is 17.2. The Bertz CT molecular complexity index is 427. The molecule has 1 aromatic rings. The van der Waals surface area contributed by atoms with Crippen LogP contribution in [0.3, 0.4) is 0 Å². The zero-order chi connectivity index (χ0) is 17.1. The molecule has 0 N–H and O–H groups in total. The molecule has 0 unspecified atom stereocenters. The molecule has 1 heterocycles. The van der Waals surface area contributed by atoms with Crippen LogP contribution in [0.15, 0.2) is 18.5 Å². The molecule has 0 amide bonds. The fourth-order valence-corrected chi connectivity index (χ4v) is 3.18. The normalized spacial score (nSPS) is 10.9. The van der Waals surface area contributed by atoms with Gasteiger partial charge in [-0.05, 0) is 46.1 Å². The second kappa shape index (κ2) is 15.6. The molecule has 1 rings (SSSR count). The maximum atomic E-state index is 2.36. The second-order valence-corrected chi connectivity index (χ2v) is 7.93. The molecule has 4 heteroatoms. The fraction of sp³-hybridized carbons (Fsp3) is 0.762. The van der Waals surface area contributed by atoms with Crippen molar-refractivity contribution in [1.29, 1.82) is 0 Å². The Morgan fingerprint density at radius 3 is 1.68 bits per heavy atom. The summed E-state index contributed by atoms with van der Waals surface area (Å²) in [5.74, 6) is 0. The number of nitrogens with zero attached hydrogens (tertiary/aromatic N) is 2. The molecule has 0 atom stereocenters. The smallest absolute Gasteiger partial charge is 0.171 e. The van der Waals surface area contributed by atoms with Crippen molar-refractivity contribution in [2.75, 3.05) is 27.2 Å². The number of unbranched alkanes of at least 4 members (excludes halogenated alkanes) is 7. The van der Waals surface area contributed by atoms with Crippen LogP contribution < -0.4 is 52.5 Å². The molecule has 0 saturated heterocycles. The maximum absolute atomic E-state index is 2.36. The third-order valence-corrected chi connectivity index (χ3v) is 4.98. The predicted molar refractivity (Wildman–Crippen MR) is 101 cm³/mol. The molecule has 0 aromatic carbocycles. The van der Waals surface area contributed by atoms with Gasteiger partial charge in [0.1, 0.15) is 6.54 Å². The van der Waals surface area contributed by atoms with Crippen LogP contribution in [0.25, 0.3) is 0 Å². The van der Waals surface area contributed by atoms with E-state index >= 15 is 0 Å². The molecule has 1 aromatic heterocycles. The van der Waals surface area contributed by atoms with Gasteiger partial charge in [0, 0.05) is 17.5 Å². The van der Waals surface area contributed by atoms with Gasteiger partial charge in [0.05, 0.1) is 27.2 Å². The van der Waals surface area contributed by atoms with Gasteiger partial charge in [-0.15, -0.1) is 0 Å². The van der Waals surface area contributed by atoms with Crippen molar-refractivity contribution in [1.82, 2.24) is 0 Å². The number of rotatable bonds is 12. The molecular weight excluding hydrogens is 534 g/mol. The van der Waals surface area contributed by atoms with E-state index in [0.29, 0.717) is 0 Å². The van der Waals surface area contributed by atoms with Crippen molar-refractivity contribution in [3.8, 4) is 0 Å². The van der Waals surface area contributed by atoms with Gasteiger partial charge in [-0.3, -0.25) is 0 Å². The lowest BCUT2D eigenvalue weighted by Gasteiger charge is -2.28. The molecule has 148 valence electrons. The van der Waals surface area contributed by atoms with Crippen molar-refractivity contribution in [2.45, 2.75) is 78.7 Å². The molecule has 0 saturated carbocycles. The van der Waals surface area contributed by atoms with Gasteiger partial charge in [0.25, 0.3) is 0 Å². The van der Waals surface area contributed by atoms with Crippen molar-refractivity contribution < 1.29 is 57.0 Å². The van der Waals surface area contributed by atoms with Crippen LogP contribution >= 0.6 is 0 Å². The highest BCUT2D eigenvalue weighted by atomic mass is 127. The Balaban J connectivity index is 0. The van der Waals surface area contributed by atoms with E-state index < -0.39 is 0 Å². The summed E-state index contributed by atoms with van der Waals surface area (Å²) in [6.45, 7) is 10.4. The highest BCUT2D eigenvalue weighted by Crippen LogP contribution is 2.10. The Morgan fingerprint density at radius 2 is 1.20 bits per heavy atom. The van der Waals surface area contributed by atoms with Crippen molar-refractivity contribution in [2.24, 2.45) is 0 Å². The van der Waals surface area contributed by atoms with Gasteiger partial charge < -0.3 is 52.4 Å². The minimum atomic E-state index is 0. The molecule has 25 heavy (non-hydrogen) atoms. The predicted octanol–water partition coefficient (Wildman–Crippen LogP) is -1.18. The van der Waals surface area contributed by atoms with Crippen LogP contribution in [0.5, 0.6) is 0 Å². The average molecular weight is 574 g/mol. The highest BCUT2D eigenvalue weighted by Gasteiger charge is 2.10. The third kappa shape index (κ3) is 14.3. The van der Waals surface area contributed by atoms with Crippen molar-refractivity contribution in [3.63, 3.8) is 0 Å². The quantitative estimate of drug-likeness (QED) is 0.128. The first kappa shape index (κ1) is 27.8. The summed E-state index contributed by atoms with van der Waals surface area (Å²) in [4.78, 5) is 0. The fourth-order valence-electron chi connectivity index (χ4n) is 3.18. The first-order valence-electron chi connectivity index (χ1n) is 9.72. The van der Waals surface area contributed by atoms with Crippen LogP contribution in [-0.4, -0.2) is 31.7 Å². The number of halogens is 2. The van der Waals surface area contributed by atoms with E-state index in [4.69, 9.17) is 0 Å². The summed E-state index contributed by atoms with van der Waals surface area (Å²) in [6.07, 6.45) is 15.7. The van der Waals surface area contributed by atoms with Crippen molar-refractivity contribution >= 4 is 0 Å². The third-order valence-electron chi connectivity index (χ3n) is 4.98. The largest absolute Gasteiger partial charge is 1.00 e. The van der Waals surface area contributed by atoms with E-state index in [-0.39, 0.29) is 48.0 Å². The molecule has 0 aliphatic heterocycles. The number of pyridine rings is 1. The Labute approximate surface area is 191 Å². The standard InChI is InChI=1S/C21H40N2.2HI/c1-6-23(4,5)16-14-12-10-8-7-9-11-13-15-22-18-20(2)17-21(3)19-22;;/h17-19H,6-16H2,1-5H3;2*1H/q+2;;/p-2. The van der Waals surface area contributed by atoms with E-state index in [1.54, 1.807) is 0 Å². The van der Waals surface area contributed by atoms with Crippen LogP contribution in [0.1, 0.15) is 69.4 Å². The van der Waals surface area contributed by atoms with Gasteiger partial charge in [-0.25, -0.2) is 4.57 Å². The maximum Gasteiger partial charge on any atom is 0.171 e. The Hall–Kier alpha value is 0.570. The lowest BCUT2D eigenvalue weighted by atomic mass is 10.1. The van der Waals surface area contributed by atoms with E-state index in [1.165, 1.54) is 86.6 Å². The zero-order valence-corrected chi connectivity index (χ0v) is 21.5. The van der Waals surface area contributed by atoms with E-state index in [2.05, 4.69) is 57.9 Å². The summed E-state index contributed by atoms with van der Waals surface area (Å²) < 4.78 is 3.54. The number of aryl methyl sites for hydroxylation is 3. The number of hydrogen-bond acceptors (Lipinski definition) is 0.